The average molecular weight is 416 g/mol. The van der Waals surface area contributed by atoms with Crippen LogP contribution in [0.2, 0.25) is 0 Å². The normalized spacial score (nSPS) is 34.7. The third-order valence-corrected chi connectivity index (χ3v) is 8.45. The van der Waals surface area contributed by atoms with E-state index in [1.807, 2.05) is 44.2 Å². The van der Waals surface area contributed by atoms with Crippen molar-refractivity contribution in [2.24, 2.45) is 11.8 Å². The van der Waals surface area contributed by atoms with Gasteiger partial charge in [0.25, 0.3) is 0 Å². The molecule has 5 rings (SSSR count). The van der Waals surface area contributed by atoms with Crippen LogP contribution in [-0.2, 0) is 24.2 Å². The molecule has 3 fully saturated rings. The number of carbonyl (C=O) groups is 2. The lowest BCUT2D eigenvalue weighted by Gasteiger charge is -2.32. The standard InChI is InChI=1S/C21H24N2O5S/c1-13-3-4-15(11-14(13)2)23-12-21-6-5-16(28-21)17(18(21)20(23)25)19(24)22-7-9-29(26,27)10-8-22/h3-6,11,16-18H,7-10,12H2,1-2H3/t16-,17+,18-,21-/m0/s1. The predicted molar refractivity (Wildman–Crippen MR) is 107 cm³/mol. The Morgan fingerprint density at radius 3 is 2.59 bits per heavy atom. The van der Waals surface area contributed by atoms with E-state index < -0.39 is 33.4 Å². The van der Waals surface area contributed by atoms with Gasteiger partial charge in [0.15, 0.2) is 9.84 Å². The molecule has 4 aliphatic rings. The molecule has 3 saturated heterocycles. The van der Waals surface area contributed by atoms with E-state index in [1.54, 1.807) is 9.80 Å². The molecule has 0 aliphatic carbocycles. The molecule has 1 spiro atoms. The topological polar surface area (TPSA) is 84.0 Å². The lowest BCUT2D eigenvalue weighted by atomic mass is 9.76. The molecule has 1 aromatic rings. The second-order valence-electron chi connectivity index (χ2n) is 8.57. The molecule has 0 unspecified atom stereocenters. The molecule has 0 aromatic heterocycles. The fraction of sp³-hybridized carbons (Fsp3) is 0.524. The maximum Gasteiger partial charge on any atom is 0.234 e. The molecule has 0 saturated carbocycles. The number of aryl methyl sites for hydroxylation is 2. The van der Waals surface area contributed by atoms with E-state index in [1.165, 1.54) is 0 Å². The van der Waals surface area contributed by atoms with E-state index in [-0.39, 0.29) is 36.4 Å². The monoisotopic (exact) mass is 416 g/mol. The Kier molecular flexibility index (Phi) is 3.99. The maximum atomic E-state index is 13.4. The number of hydrogen-bond donors (Lipinski definition) is 0. The van der Waals surface area contributed by atoms with Crippen LogP contribution < -0.4 is 4.90 Å². The van der Waals surface area contributed by atoms with Gasteiger partial charge < -0.3 is 14.5 Å². The third-order valence-electron chi connectivity index (χ3n) is 6.84. The van der Waals surface area contributed by atoms with Gasteiger partial charge in [0, 0.05) is 18.8 Å². The number of sulfone groups is 1. The van der Waals surface area contributed by atoms with Crippen molar-refractivity contribution in [2.45, 2.75) is 25.6 Å². The van der Waals surface area contributed by atoms with E-state index in [2.05, 4.69) is 0 Å². The minimum absolute atomic E-state index is 0.0225. The van der Waals surface area contributed by atoms with Gasteiger partial charge in [-0.3, -0.25) is 9.59 Å². The van der Waals surface area contributed by atoms with Crippen LogP contribution in [0.4, 0.5) is 5.69 Å². The highest BCUT2D eigenvalue weighted by Gasteiger charge is 2.67. The number of fused-ring (bicyclic) bond motifs is 1. The SMILES string of the molecule is Cc1ccc(N2C[C@]34C=C[C@H](O3)[C@@H](C(=O)N3CCS(=O)(=O)CC3)[C@H]4C2=O)cc1C. The summed E-state index contributed by atoms with van der Waals surface area (Å²) in [5.41, 5.74) is 2.30. The number of rotatable bonds is 2. The van der Waals surface area contributed by atoms with E-state index in [0.29, 0.717) is 6.54 Å². The Morgan fingerprint density at radius 1 is 1.17 bits per heavy atom. The van der Waals surface area contributed by atoms with Gasteiger partial charge in [-0.05, 0) is 37.1 Å². The number of carbonyl (C=O) groups excluding carboxylic acids is 2. The van der Waals surface area contributed by atoms with Crippen LogP contribution >= 0.6 is 0 Å². The Hall–Kier alpha value is -2.19. The van der Waals surface area contributed by atoms with Crippen molar-refractivity contribution in [1.82, 2.24) is 4.90 Å². The molecule has 2 amide bonds. The zero-order chi connectivity index (χ0) is 20.6. The van der Waals surface area contributed by atoms with E-state index in [0.717, 1.165) is 16.8 Å². The van der Waals surface area contributed by atoms with Gasteiger partial charge in [0.05, 0.1) is 36.0 Å². The molecule has 29 heavy (non-hydrogen) atoms. The summed E-state index contributed by atoms with van der Waals surface area (Å²) in [6.45, 7) is 4.80. The first kappa shape index (κ1) is 18.8. The van der Waals surface area contributed by atoms with Crippen molar-refractivity contribution in [3.8, 4) is 0 Å². The molecule has 0 radical (unpaired) electrons. The summed E-state index contributed by atoms with van der Waals surface area (Å²) in [6, 6.07) is 5.92. The van der Waals surface area contributed by atoms with Crippen LogP contribution in [0.1, 0.15) is 11.1 Å². The summed E-state index contributed by atoms with van der Waals surface area (Å²) in [7, 11) is -3.08. The average Bonchev–Trinajstić information content (AvgIpc) is 3.32. The number of benzene rings is 1. The van der Waals surface area contributed by atoms with E-state index in [9.17, 15) is 18.0 Å². The Labute approximate surface area is 170 Å². The van der Waals surface area contributed by atoms with Gasteiger partial charge in [-0.1, -0.05) is 18.2 Å². The number of ether oxygens (including phenoxy) is 1. The van der Waals surface area contributed by atoms with Gasteiger partial charge in [-0.2, -0.15) is 0 Å². The Morgan fingerprint density at radius 2 is 1.90 bits per heavy atom. The van der Waals surface area contributed by atoms with Crippen LogP contribution in [0.3, 0.4) is 0 Å². The maximum absolute atomic E-state index is 13.4. The highest BCUT2D eigenvalue weighted by atomic mass is 32.2. The predicted octanol–water partition coefficient (Wildman–Crippen LogP) is 0.847. The minimum Gasteiger partial charge on any atom is -0.360 e. The first-order valence-corrected chi connectivity index (χ1v) is 11.8. The molecule has 4 atom stereocenters. The van der Waals surface area contributed by atoms with Gasteiger partial charge in [-0.25, -0.2) is 8.42 Å². The second-order valence-corrected chi connectivity index (χ2v) is 10.9. The first-order valence-electron chi connectivity index (χ1n) is 9.96. The minimum atomic E-state index is -3.08. The van der Waals surface area contributed by atoms with Crippen LogP contribution in [-0.4, -0.2) is 68.0 Å². The summed E-state index contributed by atoms with van der Waals surface area (Å²) in [5, 5.41) is 0. The molecule has 154 valence electrons. The molecule has 4 heterocycles. The van der Waals surface area contributed by atoms with E-state index in [4.69, 9.17) is 4.74 Å². The second kappa shape index (κ2) is 6.15. The smallest absolute Gasteiger partial charge is 0.234 e. The number of nitrogens with zero attached hydrogens (tertiary/aromatic N) is 2. The fourth-order valence-electron chi connectivity index (χ4n) is 5.04. The van der Waals surface area contributed by atoms with E-state index >= 15 is 0 Å². The van der Waals surface area contributed by atoms with Crippen molar-refractivity contribution in [3.63, 3.8) is 0 Å². The number of hydrogen-bond acceptors (Lipinski definition) is 5. The van der Waals surface area contributed by atoms with Gasteiger partial charge >= 0.3 is 0 Å². The zero-order valence-electron chi connectivity index (χ0n) is 16.5. The molecule has 0 N–H and O–H groups in total. The highest BCUT2D eigenvalue weighted by molar-refractivity contribution is 7.91. The third kappa shape index (κ3) is 2.76. The highest BCUT2D eigenvalue weighted by Crippen LogP contribution is 2.53. The summed E-state index contributed by atoms with van der Waals surface area (Å²) in [5.74, 6) is -1.47. The summed E-state index contributed by atoms with van der Waals surface area (Å²) in [6.07, 6.45) is 3.40. The first-order chi connectivity index (χ1) is 13.7. The van der Waals surface area contributed by atoms with Crippen molar-refractivity contribution in [1.29, 1.82) is 0 Å². The molecule has 8 heteroatoms. The summed E-state index contributed by atoms with van der Waals surface area (Å²) in [4.78, 5) is 30.0. The lowest BCUT2D eigenvalue weighted by molar-refractivity contribution is -0.140. The molecule has 7 nitrogen and oxygen atoms in total. The fourth-order valence-corrected chi connectivity index (χ4v) is 6.24. The Balaban J connectivity index is 1.44. The zero-order valence-corrected chi connectivity index (χ0v) is 17.3. The molecule has 2 bridgehead atoms. The largest absolute Gasteiger partial charge is 0.360 e. The van der Waals surface area contributed by atoms with Gasteiger partial charge in [0.1, 0.15) is 5.60 Å². The van der Waals surface area contributed by atoms with Crippen molar-refractivity contribution >= 4 is 27.3 Å². The summed E-state index contributed by atoms with van der Waals surface area (Å²) >= 11 is 0. The van der Waals surface area contributed by atoms with Crippen LogP contribution in [0.5, 0.6) is 0 Å². The molecular weight excluding hydrogens is 392 g/mol. The quantitative estimate of drug-likeness (QED) is 0.668. The van der Waals surface area contributed by atoms with Crippen molar-refractivity contribution in [2.75, 3.05) is 36.0 Å². The summed E-state index contributed by atoms with van der Waals surface area (Å²) < 4.78 is 29.6. The van der Waals surface area contributed by atoms with Crippen LogP contribution in [0.25, 0.3) is 0 Å². The van der Waals surface area contributed by atoms with Gasteiger partial charge in [0.2, 0.25) is 11.8 Å². The molecular formula is C21H24N2O5S. The van der Waals surface area contributed by atoms with Crippen molar-refractivity contribution < 1.29 is 22.7 Å². The number of anilines is 1. The van der Waals surface area contributed by atoms with Crippen molar-refractivity contribution in [3.05, 3.63) is 41.5 Å². The molecule has 4 aliphatic heterocycles. The lowest BCUT2D eigenvalue weighted by Crippen LogP contribution is -2.50. The van der Waals surface area contributed by atoms with Crippen LogP contribution in [0.15, 0.2) is 30.4 Å². The van der Waals surface area contributed by atoms with Crippen LogP contribution in [0, 0.1) is 25.7 Å². The molecule has 1 aromatic carbocycles. The number of amides is 2. The Bertz CT molecular complexity index is 1040. The van der Waals surface area contributed by atoms with Gasteiger partial charge in [-0.15, -0.1) is 0 Å².